The van der Waals surface area contributed by atoms with Crippen LogP contribution in [0, 0.1) is 12.7 Å². The number of alkyl halides is 1. The van der Waals surface area contributed by atoms with Gasteiger partial charge in [0, 0.05) is 29.8 Å². The highest BCUT2D eigenvalue weighted by molar-refractivity contribution is 14.2. The Morgan fingerprint density at radius 2 is 2.08 bits per heavy atom. The molecule has 3 N–H and O–H groups in total. The van der Waals surface area contributed by atoms with Crippen LogP contribution in [-0.4, -0.2) is 67.9 Å². The van der Waals surface area contributed by atoms with E-state index in [1.54, 1.807) is 31.5 Å². The monoisotopic (exact) mass is 678 g/mol. The standard InChI is InChI=1S/C25H29F2IN4O4S2/c1-13-19(37-12-30-13)14-4-5-15(17(26)8-14)10-29-21(34)18-9-16(33)11-32(18)22(35)20(24(2,3)38-28)31-23(36)25(27)6-7-25/h4-5,8,12,16,18,20,33H,6-7,9-11H2,1-3H3,(H,29,34)(H,31,36)/t16-,18?,20-/m1/s1. The predicted molar refractivity (Wildman–Crippen MR) is 151 cm³/mol. The maximum absolute atomic E-state index is 14.8. The summed E-state index contributed by atoms with van der Waals surface area (Å²) in [4.78, 5) is 45.5. The number of carbonyl (C=O) groups is 3. The molecule has 2 aliphatic rings. The number of hydrogen-bond acceptors (Lipinski definition) is 7. The van der Waals surface area contributed by atoms with Gasteiger partial charge in [-0.2, -0.15) is 0 Å². The minimum absolute atomic E-state index is 0.00479. The molecule has 2 heterocycles. The number of amides is 3. The van der Waals surface area contributed by atoms with Crippen molar-refractivity contribution in [2.45, 2.75) is 75.2 Å². The van der Waals surface area contributed by atoms with Crippen molar-refractivity contribution in [3.05, 3.63) is 40.8 Å². The fourth-order valence-corrected chi connectivity index (χ4v) is 6.17. The van der Waals surface area contributed by atoms with E-state index in [1.165, 1.54) is 31.2 Å². The van der Waals surface area contributed by atoms with Gasteiger partial charge in [0.1, 0.15) is 17.9 Å². The summed E-state index contributed by atoms with van der Waals surface area (Å²) >= 11 is 3.42. The number of aryl methyl sites for hydroxylation is 1. The molecular weight excluding hydrogens is 649 g/mol. The van der Waals surface area contributed by atoms with Gasteiger partial charge in [-0.25, -0.2) is 13.8 Å². The lowest BCUT2D eigenvalue weighted by atomic mass is 10.0. The van der Waals surface area contributed by atoms with Gasteiger partial charge in [-0.15, -0.1) is 11.3 Å². The number of β-amino-alcohol motifs (C(OH)–C–C–N with tert-alkyl or cyclic N) is 1. The molecule has 1 unspecified atom stereocenters. The van der Waals surface area contributed by atoms with Gasteiger partial charge in [0.15, 0.2) is 5.67 Å². The van der Waals surface area contributed by atoms with Gasteiger partial charge in [0.05, 0.1) is 22.2 Å². The molecule has 4 rings (SSSR count). The van der Waals surface area contributed by atoms with Gasteiger partial charge in [-0.05, 0) is 66.4 Å². The van der Waals surface area contributed by atoms with E-state index in [4.69, 9.17) is 0 Å². The first kappa shape index (κ1) is 29.2. The van der Waals surface area contributed by atoms with Crippen LogP contribution in [0.15, 0.2) is 23.7 Å². The minimum Gasteiger partial charge on any atom is -0.391 e. The number of likely N-dealkylation sites (tertiary alicyclic amines) is 1. The zero-order valence-corrected chi connectivity index (χ0v) is 24.9. The number of thiazole rings is 1. The number of carbonyl (C=O) groups excluding carboxylic acids is 3. The number of halogens is 3. The normalized spacial score (nSPS) is 21.2. The van der Waals surface area contributed by atoms with E-state index < -0.39 is 52.1 Å². The maximum atomic E-state index is 14.8. The van der Waals surface area contributed by atoms with E-state index in [0.717, 1.165) is 10.6 Å². The molecule has 0 spiro atoms. The van der Waals surface area contributed by atoms with Crippen LogP contribution in [0.5, 0.6) is 0 Å². The zero-order valence-electron chi connectivity index (χ0n) is 21.1. The first-order valence-electron chi connectivity index (χ1n) is 12.1. The zero-order chi connectivity index (χ0) is 27.8. The largest absolute Gasteiger partial charge is 0.391 e. The average Bonchev–Trinajstić information content (AvgIpc) is 3.29. The molecule has 1 saturated heterocycles. The van der Waals surface area contributed by atoms with Crippen molar-refractivity contribution in [1.82, 2.24) is 20.5 Å². The molecule has 3 atom stereocenters. The molecule has 1 aromatic carbocycles. The molecule has 13 heteroatoms. The number of rotatable bonds is 9. The second kappa shape index (κ2) is 11.3. The van der Waals surface area contributed by atoms with Crippen LogP contribution in [0.4, 0.5) is 8.78 Å². The molecule has 0 bridgehead atoms. The molecule has 206 valence electrons. The number of nitrogens with zero attached hydrogens (tertiary/aromatic N) is 2. The third-order valence-corrected chi connectivity index (χ3v) is 11.9. The second-order valence-corrected chi connectivity index (χ2v) is 13.6. The van der Waals surface area contributed by atoms with Crippen molar-refractivity contribution < 1.29 is 28.3 Å². The van der Waals surface area contributed by atoms with Crippen LogP contribution in [0.2, 0.25) is 0 Å². The van der Waals surface area contributed by atoms with E-state index in [2.05, 4.69) is 15.6 Å². The molecular formula is C25H29F2IN4O4S2. The highest BCUT2D eigenvalue weighted by Crippen LogP contribution is 2.41. The van der Waals surface area contributed by atoms with Crippen molar-refractivity contribution in [3.63, 3.8) is 0 Å². The predicted octanol–water partition coefficient (Wildman–Crippen LogP) is 3.68. The Hall–Kier alpha value is -1.84. The van der Waals surface area contributed by atoms with Crippen LogP contribution in [0.1, 0.15) is 44.4 Å². The van der Waals surface area contributed by atoms with E-state index >= 15 is 0 Å². The van der Waals surface area contributed by atoms with Gasteiger partial charge in [0.2, 0.25) is 11.8 Å². The number of aromatic nitrogens is 1. The number of hydrogen-bond donors (Lipinski definition) is 3. The van der Waals surface area contributed by atoms with Crippen LogP contribution in [0.3, 0.4) is 0 Å². The van der Waals surface area contributed by atoms with E-state index in [-0.39, 0.29) is 37.9 Å². The molecule has 1 aliphatic heterocycles. The number of aliphatic hydroxyl groups is 1. The Kier molecular flexibility index (Phi) is 8.70. The molecule has 38 heavy (non-hydrogen) atoms. The molecule has 1 aliphatic carbocycles. The fourth-order valence-electron chi connectivity index (χ4n) is 4.36. The van der Waals surface area contributed by atoms with Crippen molar-refractivity contribution in [2.75, 3.05) is 6.54 Å². The lowest BCUT2D eigenvalue weighted by Crippen LogP contribution is -2.60. The summed E-state index contributed by atoms with van der Waals surface area (Å²) in [7, 11) is 1.29. The Morgan fingerprint density at radius 1 is 1.37 bits per heavy atom. The third-order valence-electron chi connectivity index (χ3n) is 6.89. The first-order chi connectivity index (χ1) is 17.9. The Morgan fingerprint density at radius 3 is 2.66 bits per heavy atom. The minimum atomic E-state index is -1.97. The smallest absolute Gasteiger partial charge is 0.258 e. The summed E-state index contributed by atoms with van der Waals surface area (Å²) in [6.07, 6.45) is -0.746. The summed E-state index contributed by atoms with van der Waals surface area (Å²) in [5.41, 5.74) is 1.49. The summed E-state index contributed by atoms with van der Waals surface area (Å²) in [6.45, 7) is 5.11. The number of benzene rings is 1. The Balaban J connectivity index is 1.46. The topological polar surface area (TPSA) is 112 Å². The highest BCUT2D eigenvalue weighted by Gasteiger charge is 2.54. The molecule has 2 aromatic rings. The van der Waals surface area contributed by atoms with Crippen molar-refractivity contribution in [2.24, 2.45) is 0 Å². The van der Waals surface area contributed by atoms with Crippen LogP contribution < -0.4 is 10.6 Å². The van der Waals surface area contributed by atoms with Crippen molar-refractivity contribution in [3.8, 4) is 10.4 Å². The summed E-state index contributed by atoms with van der Waals surface area (Å²) < 4.78 is 28.4. The summed E-state index contributed by atoms with van der Waals surface area (Å²) in [5.74, 6) is -2.46. The van der Waals surface area contributed by atoms with Crippen LogP contribution in [0.25, 0.3) is 10.4 Å². The van der Waals surface area contributed by atoms with E-state index in [0.29, 0.717) is 5.56 Å². The first-order valence-corrected chi connectivity index (χ1v) is 16.3. The second-order valence-electron chi connectivity index (χ2n) is 10.2. The number of aliphatic hydroxyl groups excluding tert-OH is 1. The SMILES string of the molecule is Cc1ncsc1-c1ccc(CNC(=O)C2C[C@@H](O)CN2C(=O)[C@@H](NC(=O)C2(F)CC2)C(C)(C)SI)c(F)c1. The average molecular weight is 679 g/mol. The van der Waals surface area contributed by atoms with E-state index in [9.17, 15) is 28.3 Å². The fraction of sp³-hybridized carbons (Fsp3) is 0.520. The number of nitrogens with one attached hydrogen (secondary N) is 2. The van der Waals surface area contributed by atoms with Crippen molar-refractivity contribution >= 4 is 59.2 Å². The van der Waals surface area contributed by atoms with Gasteiger partial charge in [-0.3, -0.25) is 14.4 Å². The van der Waals surface area contributed by atoms with Gasteiger partial charge >= 0.3 is 0 Å². The van der Waals surface area contributed by atoms with E-state index in [1.807, 2.05) is 28.1 Å². The van der Waals surface area contributed by atoms with Crippen LogP contribution in [-0.2, 0) is 20.9 Å². The molecule has 8 nitrogen and oxygen atoms in total. The summed E-state index contributed by atoms with van der Waals surface area (Å²) in [6, 6.07) is 2.60. The lowest BCUT2D eigenvalue weighted by Gasteiger charge is -2.36. The lowest BCUT2D eigenvalue weighted by molar-refractivity contribution is -0.143. The Labute approximate surface area is 239 Å². The molecule has 0 radical (unpaired) electrons. The molecule has 1 saturated carbocycles. The molecule has 3 amide bonds. The van der Waals surface area contributed by atoms with Gasteiger partial charge in [-0.1, -0.05) is 21.1 Å². The molecule has 1 aromatic heterocycles. The molecule has 2 fully saturated rings. The summed E-state index contributed by atoms with van der Waals surface area (Å²) in [5, 5.41) is 15.5. The van der Waals surface area contributed by atoms with Crippen LogP contribution >= 0.6 is 41.5 Å². The van der Waals surface area contributed by atoms with Gasteiger partial charge < -0.3 is 20.6 Å². The van der Waals surface area contributed by atoms with Crippen molar-refractivity contribution in [1.29, 1.82) is 0 Å². The third kappa shape index (κ3) is 6.15. The maximum Gasteiger partial charge on any atom is 0.258 e. The highest BCUT2D eigenvalue weighted by atomic mass is 127. The quantitative estimate of drug-likeness (QED) is 0.350. The Bertz CT molecular complexity index is 1240. The van der Waals surface area contributed by atoms with Gasteiger partial charge in [0.25, 0.3) is 5.91 Å².